The van der Waals surface area contributed by atoms with E-state index in [0.717, 1.165) is 5.56 Å². The van der Waals surface area contributed by atoms with Crippen molar-refractivity contribution in [3.8, 4) is 0 Å². The van der Waals surface area contributed by atoms with Crippen LogP contribution in [0.3, 0.4) is 0 Å². The molecule has 1 atom stereocenters. The quantitative estimate of drug-likeness (QED) is 0.652. The lowest BCUT2D eigenvalue weighted by Crippen LogP contribution is -2.51. The van der Waals surface area contributed by atoms with Gasteiger partial charge in [-0.25, -0.2) is 0 Å². The van der Waals surface area contributed by atoms with Gasteiger partial charge in [0.2, 0.25) is 0 Å². The van der Waals surface area contributed by atoms with Crippen LogP contribution in [0, 0.1) is 5.41 Å². The molecule has 1 aromatic carbocycles. The van der Waals surface area contributed by atoms with Crippen molar-refractivity contribution in [2.45, 2.75) is 52.4 Å². The van der Waals surface area contributed by atoms with Crippen molar-refractivity contribution in [3.05, 3.63) is 35.9 Å². The fourth-order valence-electron chi connectivity index (χ4n) is 2.10. The van der Waals surface area contributed by atoms with Crippen LogP contribution in [0.1, 0.15) is 19.4 Å². The Balaban J connectivity index is 2.71. The zero-order valence-electron chi connectivity index (χ0n) is 13.8. The molecule has 0 aliphatic heterocycles. The first kappa shape index (κ1) is 19.2. The van der Waals surface area contributed by atoms with E-state index in [-0.39, 0.29) is 6.61 Å². The van der Waals surface area contributed by atoms with Crippen LogP contribution in [0.4, 0.5) is 13.2 Å². The van der Waals surface area contributed by atoms with Gasteiger partial charge in [-0.05, 0) is 25.2 Å². The molecule has 1 unspecified atom stereocenters. The molecule has 0 aliphatic carbocycles. The van der Waals surface area contributed by atoms with Crippen molar-refractivity contribution >= 4 is 8.32 Å². The number of benzene rings is 1. The summed E-state index contributed by atoms with van der Waals surface area (Å²) in [7, 11) is -2.32. The molecule has 0 N–H and O–H groups in total. The first-order chi connectivity index (χ1) is 9.92. The van der Waals surface area contributed by atoms with Gasteiger partial charge in [-0.15, -0.1) is 0 Å². The predicted molar refractivity (Wildman–Crippen MR) is 84.2 cm³/mol. The largest absolute Gasteiger partial charge is 0.414 e. The maximum atomic E-state index is 13.3. The van der Waals surface area contributed by atoms with Gasteiger partial charge < -0.3 is 9.16 Å². The minimum atomic E-state index is -4.40. The highest BCUT2D eigenvalue weighted by molar-refractivity contribution is 6.69. The normalized spacial score (nSPS) is 14.9. The summed E-state index contributed by atoms with van der Waals surface area (Å²) >= 11 is 0. The highest BCUT2D eigenvalue weighted by Crippen LogP contribution is 2.38. The first-order valence-electron chi connectivity index (χ1n) is 7.28. The molecule has 0 spiro atoms. The van der Waals surface area contributed by atoms with E-state index < -0.39 is 26.0 Å². The summed E-state index contributed by atoms with van der Waals surface area (Å²) in [6.07, 6.45) is -6.22. The van der Waals surface area contributed by atoms with Crippen LogP contribution < -0.4 is 0 Å². The second kappa shape index (κ2) is 7.15. The van der Waals surface area contributed by atoms with Crippen LogP contribution >= 0.6 is 0 Å². The summed E-state index contributed by atoms with van der Waals surface area (Å²) in [4.78, 5) is 0. The van der Waals surface area contributed by atoms with Gasteiger partial charge in [0.15, 0.2) is 8.32 Å². The molecule has 0 fully saturated rings. The molecule has 1 aromatic rings. The molecule has 22 heavy (non-hydrogen) atoms. The number of ether oxygens (including phenoxy) is 1. The average molecular weight is 334 g/mol. The second-order valence-corrected chi connectivity index (χ2v) is 11.6. The molecule has 0 saturated carbocycles. The third kappa shape index (κ3) is 6.50. The Morgan fingerprint density at radius 3 is 2.05 bits per heavy atom. The van der Waals surface area contributed by atoms with E-state index in [0.29, 0.717) is 6.61 Å². The Kier molecular flexibility index (Phi) is 6.24. The Bertz CT molecular complexity index is 453. The summed E-state index contributed by atoms with van der Waals surface area (Å²) in [5.41, 5.74) is -0.208. The lowest BCUT2D eigenvalue weighted by molar-refractivity contribution is -0.234. The molecule has 0 saturated heterocycles. The standard InChI is InChI=1S/C16H25F3O2Si/c1-15(2,12-20-11-13-9-7-6-8-10-13)14(16(17,18)19)21-22(3,4)5/h6-10,14H,11-12H2,1-5H3. The van der Waals surface area contributed by atoms with E-state index >= 15 is 0 Å². The van der Waals surface area contributed by atoms with Gasteiger partial charge >= 0.3 is 6.18 Å². The van der Waals surface area contributed by atoms with Gasteiger partial charge in [0.05, 0.1) is 13.2 Å². The number of hydrogen-bond acceptors (Lipinski definition) is 2. The van der Waals surface area contributed by atoms with Crippen LogP contribution in [-0.4, -0.2) is 27.2 Å². The summed E-state index contributed by atoms with van der Waals surface area (Å²) < 4.78 is 50.9. The second-order valence-electron chi connectivity index (χ2n) is 7.12. The van der Waals surface area contributed by atoms with Crippen LogP contribution in [0.25, 0.3) is 0 Å². The van der Waals surface area contributed by atoms with E-state index in [1.807, 2.05) is 30.3 Å². The van der Waals surface area contributed by atoms with E-state index in [9.17, 15) is 13.2 Å². The van der Waals surface area contributed by atoms with Gasteiger partial charge in [0, 0.05) is 5.41 Å². The molecule has 0 bridgehead atoms. The zero-order chi connectivity index (χ0) is 17.0. The van der Waals surface area contributed by atoms with Crippen LogP contribution in [-0.2, 0) is 15.8 Å². The summed E-state index contributed by atoms with van der Waals surface area (Å²) in [5.74, 6) is 0. The number of hydrogen-bond donors (Lipinski definition) is 0. The Hall–Kier alpha value is -0.853. The minimum absolute atomic E-state index is 0.0173. The lowest BCUT2D eigenvalue weighted by atomic mass is 9.87. The third-order valence-electron chi connectivity index (χ3n) is 3.06. The van der Waals surface area contributed by atoms with E-state index in [1.54, 1.807) is 19.6 Å². The van der Waals surface area contributed by atoms with Gasteiger partial charge in [-0.3, -0.25) is 0 Å². The monoisotopic (exact) mass is 334 g/mol. The van der Waals surface area contributed by atoms with Crippen molar-refractivity contribution in [2.75, 3.05) is 6.61 Å². The van der Waals surface area contributed by atoms with E-state index in [2.05, 4.69) is 0 Å². The van der Waals surface area contributed by atoms with Crippen molar-refractivity contribution in [2.24, 2.45) is 5.41 Å². The summed E-state index contributed by atoms with van der Waals surface area (Å²) in [6.45, 7) is 8.62. The van der Waals surface area contributed by atoms with Crippen molar-refractivity contribution in [3.63, 3.8) is 0 Å². The predicted octanol–water partition coefficient (Wildman–Crippen LogP) is 5.01. The third-order valence-corrected chi connectivity index (χ3v) is 4.01. The van der Waals surface area contributed by atoms with Gasteiger partial charge in [-0.1, -0.05) is 44.2 Å². The highest BCUT2D eigenvalue weighted by Gasteiger charge is 2.51. The molecule has 1 rings (SSSR count). The molecule has 126 valence electrons. The average Bonchev–Trinajstić information content (AvgIpc) is 2.35. The zero-order valence-corrected chi connectivity index (χ0v) is 14.8. The fraction of sp³-hybridized carbons (Fsp3) is 0.625. The maximum absolute atomic E-state index is 13.3. The Labute approximate surface area is 131 Å². The first-order valence-corrected chi connectivity index (χ1v) is 10.7. The summed E-state index contributed by atoms with van der Waals surface area (Å²) in [6, 6.07) is 9.39. The minimum Gasteiger partial charge on any atom is -0.405 e. The summed E-state index contributed by atoms with van der Waals surface area (Å²) in [5, 5.41) is 0. The van der Waals surface area contributed by atoms with Gasteiger partial charge in [0.1, 0.15) is 6.10 Å². The van der Waals surface area contributed by atoms with Gasteiger partial charge in [-0.2, -0.15) is 13.2 Å². The molecule has 0 heterocycles. The van der Waals surface area contributed by atoms with Crippen LogP contribution in [0.2, 0.25) is 19.6 Å². The maximum Gasteiger partial charge on any atom is 0.414 e. The number of rotatable bonds is 7. The SMILES string of the molecule is CC(C)(COCc1ccccc1)C(O[Si](C)(C)C)C(F)(F)F. The van der Waals surface area contributed by atoms with Gasteiger partial charge in [0.25, 0.3) is 0 Å². The van der Waals surface area contributed by atoms with Crippen molar-refractivity contribution < 1.29 is 22.3 Å². The molecule has 6 heteroatoms. The topological polar surface area (TPSA) is 18.5 Å². The smallest absolute Gasteiger partial charge is 0.405 e. The fourth-order valence-corrected chi connectivity index (χ4v) is 3.26. The molecule has 2 nitrogen and oxygen atoms in total. The molecule has 0 aliphatic rings. The van der Waals surface area contributed by atoms with Crippen LogP contribution in [0.15, 0.2) is 30.3 Å². The molecule has 0 aromatic heterocycles. The Morgan fingerprint density at radius 2 is 1.59 bits per heavy atom. The molecule has 0 radical (unpaired) electrons. The lowest BCUT2D eigenvalue weighted by Gasteiger charge is -2.39. The Morgan fingerprint density at radius 1 is 1.05 bits per heavy atom. The van der Waals surface area contributed by atoms with Crippen molar-refractivity contribution in [1.29, 1.82) is 0 Å². The molecular weight excluding hydrogens is 309 g/mol. The highest BCUT2D eigenvalue weighted by atomic mass is 28.4. The van der Waals surface area contributed by atoms with Crippen molar-refractivity contribution in [1.82, 2.24) is 0 Å². The number of alkyl halides is 3. The van der Waals surface area contributed by atoms with E-state index in [1.165, 1.54) is 13.8 Å². The van der Waals surface area contributed by atoms with E-state index in [4.69, 9.17) is 9.16 Å². The number of halogens is 3. The molecule has 0 amide bonds. The van der Waals surface area contributed by atoms with Crippen LogP contribution in [0.5, 0.6) is 0 Å². The molecular formula is C16H25F3O2Si.